The van der Waals surface area contributed by atoms with Gasteiger partial charge in [0.25, 0.3) is 0 Å². The zero-order valence-electron chi connectivity index (χ0n) is 13.8. The van der Waals surface area contributed by atoms with E-state index in [4.69, 9.17) is 14.2 Å². The highest BCUT2D eigenvalue weighted by molar-refractivity contribution is 5.62. The summed E-state index contributed by atoms with van der Waals surface area (Å²) in [5.41, 5.74) is 1.71. The van der Waals surface area contributed by atoms with Gasteiger partial charge in [0.2, 0.25) is 5.95 Å². The third kappa shape index (κ3) is 4.72. The van der Waals surface area contributed by atoms with Crippen molar-refractivity contribution in [2.75, 3.05) is 45.1 Å². The van der Waals surface area contributed by atoms with Crippen LogP contribution in [0.1, 0.15) is 5.69 Å². The normalized spacial score (nSPS) is 10.3. The zero-order valence-corrected chi connectivity index (χ0v) is 13.8. The van der Waals surface area contributed by atoms with E-state index in [0.29, 0.717) is 36.4 Å². The van der Waals surface area contributed by atoms with E-state index in [-0.39, 0.29) is 0 Å². The van der Waals surface area contributed by atoms with Gasteiger partial charge in [0.15, 0.2) is 11.5 Å². The fourth-order valence-electron chi connectivity index (χ4n) is 2.04. The third-order valence-electron chi connectivity index (χ3n) is 3.10. The molecule has 1 heterocycles. The molecule has 0 amide bonds. The van der Waals surface area contributed by atoms with Gasteiger partial charge in [-0.05, 0) is 19.1 Å². The van der Waals surface area contributed by atoms with Crippen molar-refractivity contribution in [1.82, 2.24) is 9.97 Å². The summed E-state index contributed by atoms with van der Waals surface area (Å²) in [5.74, 6) is 2.59. The Kier molecular flexibility index (Phi) is 5.99. The molecule has 23 heavy (non-hydrogen) atoms. The van der Waals surface area contributed by atoms with Crippen LogP contribution >= 0.6 is 0 Å². The molecule has 0 fully saturated rings. The van der Waals surface area contributed by atoms with E-state index in [2.05, 4.69) is 20.6 Å². The molecule has 0 unspecified atom stereocenters. The van der Waals surface area contributed by atoms with E-state index in [1.807, 2.05) is 31.2 Å². The molecule has 124 valence electrons. The van der Waals surface area contributed by atoms with Crippen molar-refractivity contribution in [1.29, 1.82) is 0 Å². The summed E-state index contributed by atoms with van der Waals surface area (Å²) in [7, 11) is 4.87. The second-order valence-electron chi connectivity index (χ2n) is 4.83. The van der Waals surface area contributed by atoms with Crippen LogP contribution in [0.4, 0.5) is 17.5 Å². The summed E-state index contributed by atoms with van der Waals surface area (Å²) >= 11 is 0. The molecule has 0 bridgehead atoms. The van der Waals surface area contributed by atoms with Crippen LogP contribution in [0.3, 0.4) is 0 Å². The van der Waals surface area contributed by atoms with E-state index in [9.17, 15) is 0 Å². The minimum absolute atomic E-state index is 0.560. The Morgan fingerprint density at radius 2 is 1.78 bits per heavy atom. The van der Waals surface area contributed by atoms with Gasteiger partial charge in [0.1, 0.15) is 5.82 Å². The van der Waals surface area contributed by atoms with Crippen molar-refractivity contribution in [2.45, 2.75) is 6.92 Å². The fraction of sp³-hybridized carbons (Fsp3) is 0.375. The number of rotatable bonds is 8. The number of anilines is 3. The molecule has 0 radical (unpaired) electrons. The van der Waals surface area contributed by atoms with Crippen LogP contribution < -0.4 is 20.1 Å². The Morgan fingerprint density at radius 3 is 2.48 bits per heavy atom. The van der Waals surface area contributed by atoms with Gasteiger partial charge < -0.3 is 24.8 Å². The highest BCUT2D eigenvalue weighted by atomic mass is 16.5. The number of nitrogens with one attached hydrogen (secondary N) is 2. The predicted molar refractivity (Wildman–Crippen MR) is 90.0 cm³/mol. The van der Waals surface area contributed by atoms with Gasteiger partial charge in [-0.15, -0.1) is 0 Å². The molecule has 0 saturated heterocycles. The summed E-state index contributed by atoms with van der Waals surface area (Å²) < 4.78 is 15.5. The number of hydrogen-bond acceptors (Lipinski definition) is 7. The van der Waals surface area contributed by atoms with Crippen LogP contribution in [0.2, 0.25) is 0 Å². The summed E-state index contributed by atoms with van der Waals surface area (Å²) in [6.45, 7) is 3.16. The van der Waals surface area contributed by atoms with Crippen LogP contribution in [0, 0.1) is 6.92 Å². The molecule has 7 nitrogen and oxygen atoms in total. The third-order valence-corrected chi connectivity index (χ3v) is 3.10. The van der Waals surface area contributed by atoms with Gasteiger partial charge in [0, 0.05) is 37.2 Å². The number of aromatic nitrogens is 2. The molecule has 2 rings (SSSR count). The first-order chi connectivity index (χ1) is 11.2. The van der Waals surface area contributed by atoms with Gasteiger partial charge >= 0.3 is 0 Å². The first-order valence-electron chi connectivity index (χ1n) is 7.24. The van der Waals surface area contributed by atoms with E-state index < -0.39 is 0 Å². The molecule has 2 aromatic rings. The summed E-state index contributed by atoms with van der Waals surface area (Å²) in [6, 6.07) is 7.47. The van der Waals surface area contributed by atoms with Crippen molar-refractivity contribution >= 4 is 17.5 Å². The number of aryl methyl sites for hydroxylation is 1. The Hall–Kier alpha value is -2.54. The SMILES string of the molecule is COCCNc1nc(C)cc(Nc2ccc(OC)c(OC)c2)n1. The molecular weight excluding hydrogens is 296 g/mol. The van der Waals surface area contributed by atoms with Crippen molar-refractivity contribution in [3.8, 4) is 11.5 Å². The zero-order chi connectivity index (χ0) is 16.7. The molecule has 0 aliphatic heterocycles. The second-order valence-corrected chi connectivity index (χ2v) is 4.83. The van der Waals surface area contributed by atoms with Crippen molar-refractivity contribution < 1.29 is 14.2 Å². The van der Waals surface area contributed by atoms with E-state index in [0.717, 1.165) is 11.4 Å². The number of methoxy groups -OCH3 is 3. The van der Waals surface area contributed by atoms with Gasteiger partial charge in [-0.1, -0.05) is 0 Å². The molecule has 2 N–H and O–H groups in total. The maximum Gasteiger partial charge on any atom is 0.224 e. The highest BCUT2D eigenvalue weighted by Crippen LogP contribution is 2.30. The van der Waals surface area contributed by atoms with Crippen molar-refractivity contribution in [2.24, 2.45) is 0 Å². The first kappa shape index (κ1) is 16.8. The Morgan fingerprint density at radius 1 is 1.00 bits per heavy atom. The van der Waals surface area contributed by atoms with Crippen LogP contribution in [0.5, 0.6) is 11.5 Å². The van der Waals surface area contributed by atoms with E-state index >= 15 is 0 Å². The smallest absolute Gasteiger partial charge is 0.224 e. The number of nitrogens with zero attached hydrogens (tertiary/aromatic N) is 2. The average molecular weight is 318 g/mol. The summed E-state index contributed by atoms with van der Waals surface area (Å²) in [5, 5.41) is 6.37. The highest BCUT2D eigenvalue weighted by Gasteiger charge is 2.07. The first-order valence-corrected chi connectivity index (χ1v) is 7.24. The lowest BCUT2D eigenvalue weighted by Crippen LogP contribution is -2.11. The quantitative estimate of drug-likeness (QED) is 0.724. The molecule has 1 aromatic carbocycles. The molecule has 1 aromatic heterocycles. The van der Waals surface area contributed by atoms with Gasteiger partial charge in [-0.2, -0.15) is 4.98 Å². The molecule has 0 aliphatic rings. The maximum absolute atomic E-state index is 5.30. The molecular formula is C16H22N4O3. The van der Waals surface area contributed by atoms with E-state index in [1.54, 1.807) is 21.3 Å². The Balaban J connectivity index is 2.16. The van der Waals surface area contributed by atoms with Crippen LogP contribution in [0.25, 0.3) is 0 Å². The summed E-state index contributed by atoms with van der Waals surface area (Å²) in [6.07, 6.45) is 0. The van der Waals surface area contributed by atoms with Crippen LogP contribution in [-0.2, 0) is 4.74 Å². The van der Waals surface area contributed by atoms with Gasteiger partial charge in [-0.3, -0.25) is 0 Å². The van der Waals surface area contributed by atoms with Gasteiger partial charge in [0.05, 0.1) is 20.8 Å². The van der Waals surface area contributed by atoms with Crippen LogP contribution in [0.15, 0.2) is 24.3 Å². The average Bonchev–Trinajstić information content (AvgIpc) is 2.54. The van der Waals surface area contributed by atoms with Crippen molar-refractivity contribution in [3.63, 3.8) is 0 Å². The van der Waals surface area contributed by atoms with E-state index in [1.165, 1.54) is 0 Å². The minimum atomic E-state index is 0.560. The lowest BCUT2D eigenvalue weighted by molar-refractivity contribution is 0.210. The number of hydrogen-bond donors (Lipinski definition) is 2. The minimum Gasteiger partial charge on any atom is -0.493 e. The molecule has 0 saturated carbocycles. The number of benzene rings is 1. The topological polar surface area (TPSA) is 77.5 Å². The Labute approximate surface area is 136 Å². The number of ether oxygens (including phenoxy) is 3. The standard InChI is InChI=1S/C16H22N4O3/c1-11-9-15(20-16(18-11)17-7-8-21-2)19-12-5-6-13(22-3)14(10-12)23-4/h5-6,9-10H,7-8H2,1-4H3,(H2,17,18,19,20). The van der Waals surface area contributed by atoms with Crippen molar-refractivity contribution in [3.05, 3.63) is 30.0 Å². The second kappa shape index (κ2) is 8.19. The lowest BCUT2D eigenvalue weighted by atomic mass is 10.2. The molecule has 0 atom stereocenters. The predicted octanol–water partition coefficient (Wildman–Crippen LogP) is 2.60. The fourth-order valence-corrected chi connectivity index (χ4v) is 2.04. The maximum atomic E-state index is 5.30. The molecule has 0 spiro atoms. The Bertz CT molecular complexity index is 649. The van der Waals surface area contributed by atoms with Crippen LogP contribution in [-0.4, -0.2) is 44.4 Å². The molecule has 0 aliphatic carbocycles. The monoisotopic (exact) mass is 318 g/mol. The van der Waals surface area contributed by atoms with Gasteiger partial charge in [-0.25, -0.2) is 4.98 Å². The summed E-state index contributed by atoms with van der Waals surface area (Å²) in [4.78, 5) is 8.78. The molecule has 7 heteroatoms. The largest absolute Gasteiger partial charge is 0.493 e. The lowest BCUT2D eigenvalue weighted by Gasteiger charge is -2.12.